The van der Waals surface area contributed by atoms with Gasteiger partial charge in [-0.05, 0) is 49.6 Å². The van der Waals surface area contributed by atoms with E-state index in [4.69, 9.17) is 4.74 Å². The number of piperidine rings is 1. The molecule has 2 aliphatic rings. The SMILES string of the molecule is COC(=O)C(CO)N1CC[C@@H]([C@H](Br)n2ccc3c(N(Cc4ccc(C(F)(F)F)cc4)C4CC4)ncnc32)[C@H](O)C1. The number of carbonyl (C=O) groups is 1. The van der Waals surface area contributed by atoms with Crippen LogP contribution in [0.5, 0.6) is 0 Å². The second-order valence-corrected chi connectivity index (χ2v) is 11.3. The molecule has 1 aliphatic carbocycles. The maximum absolute atomic E-state index is 13.0. The molecule has 2 N–H and O–H groups in total. The Kier molecular flexibility index (Phi) is 8.37. The highest BCUT2D eigenvalue weighted by Gasteiger charge is 2.39. The summed E-state index contributed by atoms with van der Waals surface area (Å²) >= 11 is 3.76. The van der Waals surface area contributed by atoms with Gasteiger partial charge in [-0.15, -0.1) is 0 Å². The highest BCUT2D eigenvalue weighted by atomic mass is 79.9. The van der Waals surface area contributed by atoms with Gasteiger partial charge < -0.3 is 24.4 Å². The smallest absolute Gasteiger partial charge is 0.416 e. The van der Waals surface area contributed by atoms with Gasteiger partial charge >= 0.3 is 12.1 Å². The molecule has 2 fully saturated rings. The van der Waals surface area contributed by atoms with Gasteiger partial charge in [-0.3, -0.25) is 9.69 Å². The third-order valence-corrected chi connectivity index (χ3v) is 8.87. The molecule has 0 amide bonds. The molecular weight excluding hydrogens is 595 g/mol. The van der Waals surface area contributed by atoms with Crippen LogP contribution in [0.3, 0.4) is 0 Å². The van der Waals surface area contributed by atoms with Crippen molar-refractivity contribution in [2.45, 2.75) is 55.1 Å². The zero-order chi connectivity index (χ0) is 28.6. The van der Waals surface area contributed by atoms with Crippen molar-refractivity contribution in [2.75, 3.05) is 31.7 Å². The summed E-state index contributed by atoms with van der Waals surface area (Å²) in [5.74, 6) is -0.0280. The van der Waals surface area contributed by atoms with Gasteiger partial charge in [0.1, 0.15) is 23.8 Å². The second kappa shape index (κ2) is 11.6. The van der Waals surface area contributed by atoms with Crippen molar-refractivity contribution < 1.29 is 32.9 Å². The van der Waals surface area contributed by atoms with E-state index in [9.17, 15) is 28.2 Å². The fourth-order valence-corrected chi connectivity index (χ4v) is 6.35. The van der Waals surface area contributed by atoms with Gasteiger partial charge in [0.15, 0.2) is 0 Å². The summed E-state index contributed by atoms with van der Waals surface area (Å²) in [6, 6.07) is 6.55. The number of hydrogen-bond donors (Lipinski definition) is 2. The lowest BCUT2D eigenvalue weighted by Gasteiger charge is -2.40. The number of anilines is 1. The number of β-amino-alcohol motifs (C(OH)–C–C–N with tert-alkyl or cyclic N) is 1. The number of carbonyl (C=O) groups excluding carboxylic acids is 1. The third-order valence-electron chi connectivity index (χ3n) is 7.75. The molecule has 216 valence electrons. The molecule has 0 radical (unpaired) electrons. The lowest BCUT2D eigenvalue weighted by molar-refractivity contribution is -0.150. The van der Waals surface area contributed by atoms with E-state index in [1.165, 1.54) is 25.6 Å². The van der Waals surface area contributed by atoms with Crippen molar-refractivity contribution in [2.24, 2.45) is 5.92 Å². The molecular formula is C27H31BrF3N5O4. The Bertz CT molecular complexity index is 1330. The Balaban J connectivity index is 1.36. The van der Waals surface area contributed by atoms with E-state index in [-0.39, 0.29) is 23.5 Å². The number of aliphatic hydroxyl groups excluding tert-OH is 2. The number of aromatic nitrogens is 3. The number of ether oxygens (including phenoxy) is 1. The van der Waals surface area contributed by atoms with Crippen LogP contribution in [0.2, 0.25) is 0 Å². The minimum absolute atomic E-state index is 0.200. The van der Waals surface area contributed by atoms with Gasteiger partial charge in [0.05, 0.1) is 35.7 Å². The predicted molar refractivity (Wildman–Crippen MR) is 145 cm³/mol. The van der Waals surface area contributed by atoms with E-state index in [0.717, 1.165) is 35.9 Å². The van der Waals surface area contributed by atoms with Gasteiger partial charge in [-0.1, -0.05) is 28.1 Å². The molecule has 5 rings (SSSR count). The van der Waals surface area contributed by atoms with Crippen LogP contribution in [0.1, 0.15) is 35.3 Å². The van der Waals surface area contributed by atoms with Crippen LogP contribution in [-0.2, 0) is 22.3 Å². The fourth-order valence-electron chi connectivity index (χ4n) is 5.40. The minimum Gasteiger partial charge on any atom is -0.468 e. The molecule has 0 spiro atoms. The molecule has 3 heterocycles. The van der Waals surface area contributed by atoms with Crippen LogP contribution in [0, 0.1) is 5.92 Å². The van der Waals surface area contributed by atoms with Crippen molar-refractivity contribution in [3.63, 3.8) is 0 Å². The Morgan fingerprint density at radius 1 is 1.20 bits per heavy atom. The summed E-state index contributed by atoms with van der Waals surface area (Å²) in [4.78, 5) is 24.7. The number of hydrogen-bond acceptors (Lipinski definition) is 8. The summed E-state index contributed by atoms with van der Waals surface area (Å²) in [7, 11) is 1.27. The number of aliphatic hydroxyl groups is 2. The molecule has 40 heavy (non-hydrogen) atoms. The van der Waals surface area contributed by atoms with E-state index in [1.54, 1.807) is 4.90 Å². The Morgan fingerprint density at radius 2 is 1.93 bits per heavy atom. The maximum Gasteiger partial charge on any atom is 0.416 e. The predicted octanol–water partition coefficient (Wildman–Crippen LogP) is 3.73. The normalized spacial score (nSPS) is 21.8. The van der Waals surface area contributed by atoms with Crippen LogP contribution < -0.4 is 4.90 Å². The Labute approximate surface area is 237 Å². The van der Waals surface area contributed by atoms with Crippen molar-refractivity contribution in [1.29, 1.82) is 0 Å². The zero-order valence-corrected chi connectivity index (χ0v) is 23.4. The number of methoxy groups -OCH3 is 1. The average Bonchev–Trinajstić information content (AvgIpc) is 3.69. The minimum atomic E-state index is -4.38. The number of esters is 1. The number of nitrogens with zero attached hydrogens (tertiary/aromatic N) is 5. The molecule has 3 aromatic rings. The highest BCUT2D eigenvalue weighted by molar-refractivity contribution is 9.09. The molecule has 1 aliphatic heterocycles. The molecule has 4 atom stereocenters. The van der Waals surface area contributed by atoms with Gasteiger partial charge in [-0.2, -0.15) is 13.2 Å². The molecule has 1 saturated heterocycles. The van der Waals surface area contributed by atoms with Crippen LogP contribution >= 0.6 is 15.9 Å². The topological polar surface area (TPSA) is 104 Å². The lowest BCUT2D eigenvalue weighted by Crippen LogP contribution is -2.53. The van der Waals surface area contributed by atoms with E-state index < -0.39 is 36.5 Å². The number of rotatable bonds is 9. The molecule has 1 aromatic carbocycles. The lowest BCUT2D eigenvalue weighted by atomic mass is 9.92. The van der Waals surface area contributed by atoms with Crippen molar-refractivity contribution in [3.8, 4) is 0 Å². The number of halogens is 4. The summed E-state index contributed by atoms with van der Waals surface area (Å²) in [5.41, 5.74) is 0.749. The standard InChI is InChI=1S/C27H31BrF3N5O4/c1-40-26(39)21(14-37)34-10-8-19(22(38)13-34)23(28)35-11-9-20-24(35)32-15-33-25(20)36(18-6-7-18)12-16-2-4-17(5-3-16)27(29,30)31/h2-5,9,11,15,18-19,21-23,37-38H,6-8,10,12-14H2,1H3/t19-,21?,22-,23-/m1/s1. The molecule has 0 bridgehead atoms. The van der Waals surface area contributed by atoms with Gasteiger partial charge in [0, 0.05) is 31.2 Å². The first-order chi connectivity index (χ1) is 19.1. The van der Waals surface area contributed by atoms with Crippen LogP contribution in [0.15, 0.2) is 42.9 Å². The average molecular weight is 626 g/mol. The van der Waals surface area contributed by atoms with Crippen LogP contribution in [0.25, 0.3) is 11.0 Å². The van der Waals surface area contributed by atoms with Gasteiger partial charge in [0.2, 0.25) is 0 Å². The molecule has 13 heteroatoms. The number of benzene rings is 1. The summed E-state index contributed by atoms with van der Waals surface area (Å²) < 4.78 is 45.8. The van der Waals surface area contributed by atoms with Crippen LogP contribution in [0.4, 0.5) is 19.0 Å². The first-order valence-corrected chi connectivity index (χ1v) is 14.0. The highest BCUT2D eigenvalue weighted by Crippen LogP contribution is 2.40. The van der Waals surface area contributed by atoms with Crippen molar-refractivity contribution >= 4 is 38.8 Å². The monoisotopic (exact) mass is 625 g/mol. The van der Waals surface area contributed by atoms with E-state index in [0.29, 0.717) is 31.0 Å². The van der Waals surface area contributed by atoms with Gasteiger partial charge in [0.25, 0.3) is 0 Å². The summed E-state index contributed by atoms with van der Waals surface area (Å²) in [6.07, 6.45) is 0.711. The summed E-state index contributed by atoms with van der Waals surface area (Å²) in [6.45, 7) is 0.718. The van der Waals surface area contributed by atoms with E-state index >= 15 is 0 Å². The first-order valence-electron chi connectivity index (χ1n) is 13.1. The number of fused-ring (bicyclic) bond motifs is 1. The molecule has 1 unspecified atom stereocenters. The van der Waals surface area contributed by atoms with Gasteiger partial charge in [-0.25, -0.2) is 9.97 Å². The Morgan fingerprint density at radius 3 is 2.52 bits per heavy atom. The van der Waals surface area contributed by atoms with E-state index in [2.05, 4.69) is 30.8 Å². The fraction of sp³-hybridized carbons (Fsp3) is 0.519. The Hall–Kier alpha value is -2.74. The maximum atomic E-state index is 13.0. The quantitative estimate of drug-likeness (QED) is 0.274. The van der Waals surface area contributed by atoms with Crippen LogP contribution in [-0.4, -0.2) is 80.6 Å². The first kappa shape index (κ1) is 28.8. The zero-order valence-electron chi connectivity index (χ0n) is 21.8. The number of likely N-dealkylation sites (tertiary alicyclic amines) is 1. The number of alkyl halides is 4. The molecule has 1 saturated carbocycles. The third kappa shape index (κ3) is 5.83. The molecule has 9 nitrogen and oxygen atoms in total. The van der Waals surface area contributed by atoms with E-state index in [1.807, 2.05) is 16.8 Å². The second-order valence-electron chi connectivity index (χ2n) is 10.3. The largest absolute Gasteiger partial charge is 0.468 e. The molecule has 2 aromatic heterocycles. The van der Waals surface area contributed by atoms with Crippen molar-refractivity contribution in [3.05, 3.63) is 54.0 Å². The van der Waals surface area contributed by atoms with Crippen molar-refractivity contribution in [1.82, 2.24) is 19.4 Å². The summed E-state index contributed by atoms with van der Waals surface area (Å²) in [5, 5.41) is 21.5.